The van der Waals surface area contributed by atoms with Crippen molar-refractivity contribution in [2.45, 2.75) is 38.5 Å². The van der Waals surface area contributed by atoms with Crippen molar-refractivity contribution in [2.75, 3.05) is 26.4 Å². The Balaban J connectivity index is 0.000000128. The standard InChI is InChI=1S/C8H6O2.2C5H10O/c1-2-4-8-7(3-1)5-6-9-10-8;2*1-2-4-6-5-3-1/h1-6H;2*1-5H2. The van der Waals surface area contributed by atoms with E-state index in [1.165, 1.54) is 44.8 Å². The minimum Gasteiger partial charge on any atom is -0.381 e. The lowest BCUT2D eigenvalue weighted by Gasteiger charge is -2.08. The summed E-state index contributed by atoms with van der Waals surface area (Å²) in [6.45, 7) is 4.00. The summed E-state index contributed by atoms with van der Waals surface area (Å²) in [4.78, 5) is 9.45. The van der Waals surface area contributed by atoms with Gasteiger partial charge in [0, 0.05) is 32.0 Å². The highest BCUT2D eigenvalue weighted by Crippen LogP contribution is 2.22. The van der Waals surface area contributed by atoms with Crippen LogP contribution in [-0.4, -0.2) is 26.4 Å². The number of hydrogen-bond donors (Lipinski definition) is 0. The normalized spacial score (nSPS) is 19.1. The number of benzene rings is 1. The number of ether oxygens (including phenoxy) is 2. The Hall–Kier alpha value is -1.52. The Morgan fingerprint density at radius 2 is 1.27 bits per heavy atom. The molecule has 0 atom stereocenters. The van der Waals surface area contributed by atoms with Crippen LogP contribution in [0.5, 0.6) is 5.75 Å². The minimum atomic E-state index is 0.769. The zero-order chi connectivity index (χ0) is 15.3. The molecule has 4 heteroatoms. The first kappa shape index (κ1) is 16.8. The highest BCUT2D eigenvalue weighted by Gasteiger charge is 2.03. The molecule has 0 amide bonds. The molecule has 4 nitrogen and oxygen atoms in total. The Kier molecular flexibility index (Phi) is 8.50. The van der Waals surface area contributed by atoms with Gasteiger partial charge in [0.15, 0.2) is 5.75 Å². The highest BCUT2D eigenvalue weighted by atomic mass is 17.2. The molecular formula is C18H26O4. The Morgan fingerprint density at radius 1 is 0.682 bits per heavy atom. The van der Waals surface area contributed by atoms with Crippen LogP contribution in [0, 0.1) is 0 Å². The van der Waals surface area contributed by atoms with E-state index in [9.17, 15) is 0 Å². The third-order valence-electron chi connectivity index (χ3n) is 3.51. The van der Waals surface area contributed by atoms with Gasteiger partial charge in [-0.2, -0.15) is 0 Å². The van der Waals surface area contributed by atoms with Gasteiger partial charge in [-0.15, -0.1) is 0 Å². The van der Waals surface area contributed by atoms with Crippen molar-refractivity contribution < 1.29 is 19.2 Å². The van der Waals surface area contributed by atoms with Crippen LogP contribution in [0.25, 0.3) is 6.08 Å². The van der Waals surface area contributed by atoms with Crippen molar-refractivity contribution in [1.82, 2.24) is 0 Å². The van der Waals surface area contributed by atoms with Crippen LogP contribution >= 0.6 is 0 Å². The first-order valence-corrected chi connectivity index (χ1v) is 8.21. The van der Waals surface area contributed by atoms with E-state index in [1.807, 2.05) is 30.3 Å². The Bertz CT molecular complexity index is 388. The molecule has 2 fully saturated rings. The van der Waals surface area contributed by atoms with E-state index in [2.05, 4.69) is 4.89 Å². The van der Waals surface area contributed by atoms with Crippen molar-refractivity contribution in [1.29, 1.82) is 0 Å². The molecule has 1 aromatic carbocycles. The first-order chi connectivity index (χ1) is 11.0. The summed E-state index contributed by atoms with van der Waals surface area (Å²) in [6.07, 6.45) is 11.2. The topological polar surface area (TPSA) is 36.9 Å². The molecule has 0 aliphatic carbocycles. The molecule has 1 aromatic rings. The van der Waals surface area contributed by atoms with Crippen LogP contribution in [0.1, 0.15) is 44.1 Å². The smallest absolute Gasteiger partial charge is 0.185 e. The summed E-state index contributed by atoms with van der Waals surface area (Å²) in [5, 5.41) is 0. The lowest BCUT2D eigenvalue weighted by molar-refractivity contribution is -0.151. The maximum Gasteiger partial charge on any atom is 0.185 e. The number of fused-ring (bicyclic) bond motifs is 1. The number of rotatable bonds is 0. The third-order valence-corrected chi connectivity index (χ3v) is 3.51. The molecule has 0 N–H and O–H groups in total. The quantitative estimate of drug-likeness (QED) is 0.668. The van der Waals surface area contributed by atoms with E-state index in [0.29, 0.717) is 0 Å². The molecule has 2 saturated heterocycles. The molecule has 0 unspecified atom stereocenters. The summed E-state index contributed by atoms with van der Waals surface area (Å²) in [5.41, 5.74) is 1.05. The monoisotopic (exact) mass is 306 g/mol. The predicted molar refractivity (Wildman–Crippen MR) is 86.5 cm³/mol. The fourth-order valence-electron chi connectivity index (χ4n) is 2.25. The van der Waals surface area contributed by atoms with Gasteiger partial charge in [0.1, 0.15) is 6.26 Å². The molecule has 4 rings (SSSR count). The molecule has 22 heavy (non-hydrogen) atoms. The van der Waals surface area contributed by atoms with Crippen molar-refractivity contribution in [3.63, 3.8) is 0 Å². The molecule has 0 spiro atoms. The summed E-state index contributed by atoms with van der Waals surface area (Å²) in [5.74, 6) is 0.769. The number of para-hydroxylation sites is 1. The van der Waals surface area contributed by atoms with E-state index in [4.69, 9.17) is 14.4 Å². The lowest BCUT2D eigenvalue weighted by atomic mass is 10.2. The summed E-state index contributed by atoms with van der Waals surface area (Å²) < 4.78 is 10.1. The van der Waals surface area contributed by atoms with Gasteiger partial charge in [0.05, 0.1) is 0 Å². The highest BCUT2D eigenvalue weighted by molar-refractivity contribution is 5.57. The molecule has 0 radical (unpaired) electrons. The maximum absolute atomic E-state index is 5.07. The van der Waals surface area contributed by atoms with Crippen molar-refractivity contribution in [3.8, 4) is 5.75 Å². The van der Waals surface area contributed by atoms with E-state index in [1.54, 1.807) is 0 Å². The molecule has 3 heterocycles. The van der Waals surface area contributed by atoms with Gasteiger partial charge >= 0.3 is 0 Å². The van der Waals surface area contributed by atoms with E-state index in [0.717, 1.165) is 37.7 Å². The second kappa shape index (κ2) is 11.1. The molecule has 0 saturated carbocycles. The van der Waals surface area contributed by atoms with Crippen LogP contribution in [0.2, 0.25) is 0 Å². The van der Waals surface area contributed by atoms with Crippen LogP contribution < -0.4 is 4.89 Å². The van der Waals surface area contributed by atoms with Crippen LogP contribution in [-0.2, 0) is 14.4 Å². The zero-order valence-electron chi connectivity index (χ0n) is 13.2. The van der Waals surface area contributed by atoms with Gasteiger partial charge in [0.25, 0.3) is 0 Å². The summed E-state index contributed by atoms with van der Waals surface area (Å²) in [7, 11) is 0. The molecule has 0 bridgehead atoms. The minimum absolute atomic E-state index is 0.769. The Morgan fingerprint density at radius 3 is 1.73 bits per heavy atom. The van der Waals surface area contributed by atoms with Crippen molar-refractivity contribution in [2.24, 2.45) is 0 Å². The largest absolute Gasteiger partial charge is 0.381 e. The van der Waals surface area contributed by atoms with Gasteiger partial charge in [-0.05, 0) is 50.7 Å². The fraction of sp³-hybridized carbons (Fsp3) is 0.556. The van der Waals surface area contributed by atoms with E-state index < -0.39 is 0 Å². The second-order valence-electron chi connectivity index (χ2n) is 5.37. The van der Waals surface area contributed by atoms with Gasteiger partial charge in [-0.25, -0.2) is 0 Å². The second-order valence-corrected chi connectivity index (χ2v) is 5.37. The average Bonchev–Trinajstić information content (AvgIpc) is 2.66. The summed E-state index contributed by atoms with van der Waals surface area (Å²) in [6, 6.07) is 7.69. The van der Waals surface area contributed by atoms with Gasteiger partial charge in [-0.3, -0.25) is 9.78 Å². The average molecular weight is 306 g/mol. The third kappa shape index (κ3) is 6.96. The van der Waals surface area contributed by atoms with Gasteiger partial charge in [0.2, 0.25) is 0 Å². The molecular weight excluding hydrogens is 280 g/mol. The molecule has 122 valence electrons. The first-order valence-electron chi connectivity index (χ1n) is 8.21. The summed E-state index contributed by atoms with van der Waals surface area (Å²) >= 11 is 0. The predicted octanol–water partition coefficient (Wildman–Crippen LogP) is 4.36. The van der Waals surface area contributed by atoms with Crippen LogP contribution in [0.15, 0.2) is 30.5 Å². The van der Waals surface area contributed by atoms with E-state index in [-0.39, 0.29) is 0 Å². The molecule has 0 aromatic heterocycles. The lowest BCUT2D eigenvalue weighted by Crippen LogP contribution is -2.03. The fourth-order valence-corrected chi connectivity index (χ4v) is 2.25. The van der Waals surface area contributed by atoms with Crippen molar-refractivity contribution >= 4 is 6.08 Å². The number of hydrogen-bond acceptors (Lipinski definition) is 4. The van der Waals surface area contributed by atoms with Crippen LogP contribution in [0.4, 0.5) is 0 Å². The van der Waals surface area contributed by atoms with Crippen molar-refractivity contribution in [3.05, 3.63) is 36.1 Å². The van der Waals surface area contributed by atoms with Gasteiger partial charge < -0.3 is 9.47 Å². The molecule has 3 aliphatic rings. The maximum atomic E-state index is 5.07. The van der Waals surface area contributed by atoms with Crippen LogP contribution in [0.3, 0.4) is 0 Å². The molecule has 3 aliphatic heterocycles. The van der Waals surface area contributed by atoms with E-state index >= 15 is 0 Å². The Labute approximate surface area is 132 Å². The zero-order valence-corrected chi connectivity index (χ0v) is 13.2. The van der Waals surface area contributed by atoms with Gasteiger partial charge in [-0.1, -0.05) is 18.2 Å². The SMILES string of the molecule is C1=Cc2ccccc2OO1.C1CCOCC1.C1CCOCC1.